The van der Waals surface area contributed by atoms with Crippen molar-refractivity contribution in [2.24, 2.45) is 10.9 Å². The summed E-state index contributed by atoms with van der Waals surface area (Å²) >= 11 is 1.68. The van der Waals surface area contributed by atoms with Crippen molar-refractivity contribution in [3.05, 3.63) is 11.1 Å². The van der Waals surface area contributed by atoms with Gasteiger partial charge in [0, 0.05) is 45.7 Å². The lowest BCUT2D eigenvalue weighted by Crippen LogP contribution is -2.45. The second-order valence-electron chi connectivity index (χ2n) is 8.12. The number of likely N-dealkylation sites (tertiary alicyclic amines) is 1. The first-order valence-corrected chi connectivity index (χ1v) is 11.3. The van der Waals surface area contributed by atoms with Gasteiger partial charge in [-0.3, -0.25) is 9.89 Å². The summed E-state index contributed by atoms with van der Waals surface area (Å²) in [7, 11) is 5.89. The van der Waals surface area contributed by atoms with Crippen LogP contribution in [0.5, 0.6) is 0 Å². The summed E-state index contributed by atoms with van der Waals surface area (Å²) < 4.78 is 0. The number of anilines is 1. The SMILES string of the molecule is CN=C(NCc1csc(N(C)C)n1)NCC1CCCN1CC1CCCCC1. The van der Waals surface area contributed by atoms with Gasteiger partial charge in [-0.05, 0) is 38.1 Å². The van der Waals surface area contributed by atoms with E-state index in [2.05, 4.69) is 30.9 Å². The fourth-order valence-corrected chi connectivity index (χ4v) is 5.02. The number of thiazole rings is 1. The molecule has 0 amide bonds. The average molecular weight is 393 g/mol. The van der Waals surface area contributed by atoms with E-state index in [0.29, 0.717) is 12.6 Å². The number of nitrogens with one attached hydrogen (secondary N) is 2. The number of aliphatic imine (C=N–C) groups is 1. The summed E-state index contributed by atoms with van der Waals surface area (Å²) in [4.78, 5) is 13.8. The van der Waals surface area contributed by atoms with Gasteiger partial charge in [0.1, 0.15) is 0 Å². The highest BCUT2D eigenvalue weighted by atomic mass is 32.1. The Hall–Kier alpha value is -1.34. The minimum atomic E-state index is 0.644. The molecule has 1 unspecified atom stereocenters. The highest BCUT2D eigenvalue weighted by Crippen LogP contribution is 2.27. The molecule has 27 heavy (non-hydrogen) atoms. The van der Waals surface area contributed by atoms with Gasteiger partial charge < -0.3 is 15.5 Å². The fraction of sp³-hybridized carbons (Fsp3) is 0.800. The molecule has 1 saturated carbocycles. The molecule has 1 saturated heterocycles. The summed E-state index contributed by atoms with van der Waals surface area (Å²) in [6, 6.07) is 0.644. The molecule has 1 aromatic rings. The highest BCUT2D eigenvalue weighted by Gasteiger charge is 2.27. The van der Waals surface area contributed by atoms with Gasteiger partial charge in [-0.15, -0.1) is 11.3 Å². The van der Waals surface area contributed by atoms with Crippen molar-refractivity contribution in [1.29, 1.82) is 0 Å². The van der Waals surface area contributed by atoms with E-state index < -0.39 is 0 Å². The smallest absolute Gasteiger partial charge is 0.191 e. The van der Waals surface area contributed by atoms with Crippen LogP contribution in [0, 0.1) is 5.92 Å². The molecular formula is C20H36N6S. The average Bonchev–Trinajstić information content (AvgIpc) is 3.32. The zero-order valence-corrected chi connectivity index (χ0v) is 18.0. The lowest BCUT2D eigenvalue weighted by atomic mass is 9.89. The van der Waals surface area contributed by atoms with Crippen LogP contribution in [0.1, 0.15) is 50.6 Å². The lowest BCUT2D eigenvalue weighted by molar-refractivity contribution is 0.188. The van der Waals surface area contributed by atoms with E-state index >= 15 is 0 Å². The van der Waals surface area contributed by atoms with Crippen LogP contribution in [-0.4, -0.2) is 62.7 Å². The van der Waals surface area contributed by atoms with Crippen molar-refractivity contribution >= 4 is 22.4 Å². The van der Waals surface area contributed by atoms with Crippen molar-refractivity contribution in [1.82, 2.24) is 20.5 Å². The molecule has 3 rings (SSSR count). The summed E-state index contributed by atoms with van der Waals surface area (Å²) in [6.45, 7) is 4.25. The second kappa shape index (κ2) is 10.3. The molecule has 152 valence electrons. The van der Waals surface area contributed by atoms with Crippen molar-refractivity contribution in [3.8, 4) is 0 Å². The monoisotopic (exact) mass is 392 g/mol. The first-order chi connectivity index (χ1) is 13.2. The molecule has 1 atom stereocenters. The molecule has 2 aliphatic rings. The van der Waals surface area contributed by atoms with Crippen molar-refractivity contribution in [3.63, 3.8) is 0 Å². The first kappa shape index (κ1) is 20.4. The minimum Gasteiger partial charge on any atom is -0.355 e. The number of nitrogens with zero attached hydrogens (tertiary/aromatic N) is 4. The lowest BCUT2D eigenvalue weighted by Gasteiger charge is -2.31. The van der Waals surface area contributed by atoms with Gasteiger partial charge in [-0.25, -0.2) is 4.98 Å². The Labute approximate surface area is 168 Å². The molecule has 0 spiro atoms. The fourth-order valence-electron chi connectivity index (χ4n) is 4.26. The zero-order valence-electron chi connectivity index (χ0n) is 17.2. The summed E-state index contributed by atoms with van der Waals surface area (Å²) in [5.74, 6) is 1.80. The molecule has 1 aliphatic heterocycles. The summed E-state index contributed by atoms with van der Waals surface area (Å²) in [6.07, 6.45) is 9.81. The van der Waals surface area contributed by atoms with Crippen molar-refractivity contribution in [2.75, 3.05) is 45.7 Å². The molecule has 2 fully saturated rings. The van der Waals surface area contributed by atoms with E-state index in [4.69, 9.17) is 0 Å². The normalized spacial score (nSPS) is 22.2. The van der Waals surface area contributed by atoms with Crippen molar-refractivity contribution in [2.45, 2.75) is 57.5 Å². The van der Waals surface area contributed by atoms with Gasteiger partial charge in [-0.2, -0.15) is 0 Å². The number of aromatic nitrogens is 1. The third kappa shape index (κ3) is 6.07. The maximum Gasteiger partial charge on any atom is 0.191 e. The highest BCUT2D eigenvalue weighted by molar-refractivity contribution is 7.13. The predicted molar refractivity (Wildman–Crippen MR) is 116 cm³/mol. The third-order valence-corrected chi connectivity index (χ3v) is 6.86. The first-order valence-electron chi connectivity index (χ1n) is 10.5. The second-order valence-corrected chi connectivity index (χ2v) is 8.95. The van der Waals surface area contributed by atoms with Crippen molar-refractivity contribution < 1.29 is 0 Å². The van der Waals surface area contributed by atoms with Gasteiger partial charge in [0.25, 0.3) is 0 Å². The Morgan fingerprint density at radius 1 is 1.22 bits per heavy atom. The largest absolute Gasteiger partial charge is 0.355 e. The summed E-state index contributed by atoms with van der Waals surface area (Å²) in [5.41, 5.74) is 1.06. The standard InChI is InChI=1S/C20H36N6S/c1-21-19(22-12-17-15-27-20(24-17)25(2)3)23-13-18-10-7-11-26(18)14-16-8-5-4-6-9-16/h15-16,18H,4-14H2,1-3H3,(H2,21,22,23). The Morgan fingerprint density at radius 2 is 2.04 bits per heavy atom. The van der Waals surface area contributed by atoms with Gasteiger partial charge in [-0.1, -0.05) is 19.3 Å². The molecule has 1 aliphatic carbocycles. The number of guanidine groups is 1. The minimum absolute atomic E-state index is 0.644. The van der Waals surface area contributed by atoms with Gasteiger partial charge in [0.2, 0.25) is 0 Å². The molecule has 7 heteroatoms. The van der Waals surface area contributed by atoms with Crippen LogP contribution < -0.4 is 15.5 Å². The number of rotatable bonds is 7. The van der Waals surface area contributed by atoms with Gasteiger partial charge in [0.15, 0.2) is 11.1 Å². The molecule has 1 aromatic heterocycles. The van der Waals surface area contributed by atoms with Gasteiger partial charge >= 0.3 is 0 Å². The molecule has 0 bridgehead atoms. The van der Waals surface area contributed by atoms with E-state index in [1.54, 1.807) is 11.3 Å². The van der Waals surface area contributed by atoms with E-state index in [0.717, 1.165) is 29.2 Å². The predicted octanol–water partition coefficient (Wildman–Crippen LogP) is 2.92. The third-order valence-electron chi connectivity index (χ3n) is 5.80. The van der Waals surface area contributed by atoms with E-state index in [1.807, 2.05) is 26.0 Å². The van der Waals surface area contributed by atoms with Crippen LogP contribution in [0.4, 0.5) is 5.13 Å². The van der Waals surface area contributed by atoms with Crippen LogP contribution >= 0.6 is 11.3 Å². The molecule has 2 heterocycles. The quantitative estimate of drug-likeness (QED) is 0.552. The van der Waals surface area contributed by atoms with Crippen LogP contribution in [0.15, 0.2) is 10.4 Å². The Morgan fingerprint density at radius 3 is 2.74 bits per heavy atom. The van der Waals surface area contributed by atoms with Crippen LogP contribution in [0.25, 0.3) is 0 Å². The topological polar surface area (TPSA) is 55.8 Å². The Kier molecular flexibility index (Phi) is 7.76. The van der Waals surface area contributed by atoms with Crippen LogP contribution in [0.2, 0.25) is 0 Å². The molecule has 6 nitrogen and oxygen atoms in total. The van der Waals surface area contributed by atoms with E-state index in [-0.39, 0.29) is 0 Å². The Bertz CT molecular complexity index is 593. The van der Waals surface area contributed by atoms with Gasteiger partial charge in [0.05, 0.1) is 12.2 Å². The molecule has 0 radical (unpaired) electrons. The van der Waals surface area contributed by atoms with E-state index in [9.17, 15) is 0 Å². The maximum absolute atomic E-state index is 4.62. The number of hydrogen-bond acceptors (Lipinski definition) is 5. The maximum atomic E-state index is 4.62. The molecule has 0 aromatic carbocycles. The van der Waals surface area contributed by atoms with Crippen LogP contribution in [0.3, 0.4) is 0 Å². The number of hydrogen-bond donors (Lipinski definition) is 2. The van der Waals surface area contributed by atoms with Crippen LogP contribution in [-0.2, 0) is 6.54 Å². The molecule has 2 N–H and O–H groups in total. The summed E-state index contributed by atoms with van der Waals surface area (Å²) in [5, 5.41) is 10.1. The van der Waals surface area contributed by atoms with E-state index in [1.165, 1.54) is 58.0 Å². The molecular weight excluding hydrogens is 356 g/mol. The zero-order chi connectivity index (χ0) is 19.1. The Balaban J connectivity index is 1.42.